The van der Waals surface area contributed by atoms with Crippen LogP contribution >= 0.6 is 0 Å². The third-order valence-corrected chi connectivity index (χ3v) is 5.30. The second-order valence-corrected chi connectivity index (χ2v) is 7.15. The number of rotatable bonds is 1. The Labute approximate surface area is 115 Å². The molecular weight excluding hydrogens is 238 g/mol. The molecule has 3 heteroatoms. The summed E-state index contributed by atoms with van der Waals surface area (Å²) in [6.07, 6.45) is 4.70. The molecule has 0 heterocycles. The molecule has 2 aliphatic carbocycles. The molecule has 0 radical (unpaired) electrons. The molecule has 19 heavy (non-hydrogen) atoms. The average Bonchev–Trinajstić information content (AvgIpc) is 2.33. The Hall–Kier alpha value is -1.14. The van der Waals surface area contributed by atoms with Crippen molar-refractivity contribution in [2.45, 2.75) is 52.6 Å². The Kier molecular flexibility index (Phi) is 3.14. The molecule has 3 atom stereocenters. The van der Waals surface area contributed by atoms with Crippen LogP contribution in [0.25, 0.3) is 0 Å². The summed E-state index contributed by atoms with van der Waals surface area (Å²) in [6, 6.07) is 2.08. The van der Waals surface area contributed by atoms with Crippen molar-refractivity contribution in [1.82, 2.24) is 0 Å². The highest BCUT2D eigenvalue weighted by Gasteiger charge is 2.55. The first-order chi connectivity index (χ1) is 8.68. The maximum atomic E-state index is 12.4. The van der Waals surface area contributed by atoms with Crippen LogP contribution in [0.15, 0.2) is 11.6 Å². The largest absolute Gasteiger partial charge is 0.378 e. The van der Waals surface area contributed by atoms with Gasteiger partial charge in [-0.15, -0.1) is 0 Å². The summed E-state index contributed by atoms with van der Waals surface area (Å²) in [5.41, 5.74) is -0.419. The molecule has 1 saturated carbocycles. The molecule has 2 rings (SSSR count). The molecule has 0 amide bonds. The minimum Gasteiger partial charge on any atom is -0.378 e. The molecule has 0 bridgehead atoms. The standard InChI is InChI=1S/C16H23NO2/c1-14(2)12-6-7-16(4,19-5)10-15(12,3)8-11(9-17)13(14)18/h8,12H,6-7,10H2,1-5H3/t12-,15+,16-/m0/s1. The number of nitriles is 1. The first-order valence-corrected chi connectivity index (χ1v) is 6.91. The van der Waals surface area contributed by atoms with Crippen LogP contribution in [0.5, 0.6) is 0 Å². The lowest BCUT2D eigenvalue weighted by Gasteiger charge is -2.54. The topological polar surface area (TPSA) is 50.1 Å². The Morgan fingerprint density at radius 1 is 1.37 bits per heavy atom. The average molecular weight is 261 g/mol. The lowest BCUT2D eigenvalue weighted by atomic mass is 9.50. The van der Waals surface area contributed by atoms with E-state index in [4.69, 9.17) is 4.74 Å². The van der Waals surface area contributed by atoms with Gasteiger partial charge in [-0.2, -0.15) is 5.26 Å². The summed E-state index contributed by atoms with van der Waals surface area (Å²) < 4.78 is 5.66. The third-order valence-electron chi connectivity index (χ3n) is 5.30. The van der Waals surface area contributed by atoms with Crippen molar-refractivity contribution in [3.8, 4) is 6.07 Å². The van der Waals surface area contributed by atoms with Crippen molar-refractivity contribution in [3.05, 3.63) is 11.6 Å². The van der Waals surface area contributed by atoms with E-state index < -0.39 is 5.41 Å². The van der Waals surface area contributed by atoms with Gasteiger partial charge in [-0.05, 0) is 37.5 Å². The number of Topliss-reactive ketones (excluding diaryl/α,β-unsaturated/α-hetero) is 1. The van der Waals surface area contributed by atoms with Crippen LogP contribution in [0.1, 0.15) is 47.0 Å². The van der Waals surface area contributed by atoms with Gasteiger partial charge in [-0.3, -0.25) is 4.79 Å². The Morgan fingerprint density at radius 2 is 2.00 bits per heavy atom. The predicted octanol–water partition coefficient (Wildman–Crippen LogP) is 3.26. The first kappa shape index (κ1) is 14.3. The van der Waals surface area contributed by atoms with E-state index in [0.717, 1.165) is 19.3 Å². The van der Waals surface area contributed by atoms with Crippen LogP contribution in [-0.4, -0.2) is 18.5 Å². The maximum absolute atomic E-state index is 12.4. The van der Waals surface area contributed by atoms with Gasteiger partial charge in [0.05, 0.1) is 11.2 Å². The van der Waals surface area contributed by atoms with Crippen molar-refractivity contribution < 1.29 is 9.53 Å². The molecule has 0 unspecified atom stereocenters. The number of hydrogen-bond donors (Lipinski definition) is 0. The van der Waals surface area contributed by atoms with Crippen LogP contribution < -0.4 is 0 Å². The summed E-state index contributed by atoms with van der Waals surface area (Å²) >= 11 is 0. The van der Waals surface area contributed by atoms with Gasteiger partial charge in [0.15, 0.2) is 5.78 Å². The number of fused-ring (bicyclic) bond motifs is 1. The van der Waals surface area contributed by atoms with Crippen LogP contribution in [-0.2, 0) is 9.53 Å². The van der Waals surface area contributed by atoms with E-state index >= 15 is 0 Å². The molecule has 104 valence electrons. The maximum Gasteiger partial charge on any atom is 0.178 e. The van der Waals surface area contributed by atoms with Crippen LogP contribution in [0.3, 0.4) is 0 Å². The van der Waals surface area contributed by atoms with Crippen molar-refractivity contribution in [2.75, 3.05) is 7.11 Å². The molecule has 0 N–H and O–H groups in total. The van der Waals surface area contributed by atoms with E-state index in [9.17, 15) is 10.1 Å². The fraction of sp³-hybridized carbons (Fsp3) is 0.750. The van der Waals surface area contributed by atoms with Crippen molar-refractivity contribution in [1.29, 1.82) is 5.26 Å². The normalized spacial score (nSPS) is 41.2. The fourth-order valence-corrected chi connectivity index (χ4v) is 4.29. The Balaban J connectivity index is 2.50. The first-order valence-electron chi connectivity index (χ1n) is 6.91. The number of carbonyl (C=O) groups excluding carboxylic acids is 1. The number of allylic oxidation sites excluding steroid dienone is 2. The Morgan fingerprint density at radius 3 is 2.53 bits per heavy atom. The lowest BCUT2D eigenvalue weighted by Crippen LogP contribution is -2.53. The number of methoxy groups -OCH3 is 1. The van der Waals surface area contributed by atoms with Crippen LogP contribution in [0.4, 0.5) is 0 Å². The number of carbonyl (C=O) groups is 1. The van der Waals surface area contributed by atoms with Gasteiger partial charge in [0.2, 0.25) is 0 Å². The fourth-order valence-electron chi connectivity index (χ4n) is 4.29. The highest BCUT2D eigenvalue weighted by atomic mass is 16.5. The van der Waals surface area contributed by atoms with Crippen molar-refractivity contribution in [2.24, 2.45) is 16.7 Å². The highest BCUT2D eigenvalue weighted by molar-refractivity contribution is 6.04. The van der Waals surface area contributed by atoms with E-state index in [-0.39, 0.29) is 22.7 Å². The monoisotopic (exact) mass is 261 g/mol. The van der Waals surface area contributed by atoms with E-state index in [1.54, 1.807) is 7.11 Å². The number of nitrogens with zero attached hydrogens (tertiary/aromatic N) is 1. The number of ether oxygens (including phenoxy) is 1. The molecule has 0 aromatic heterocycles. The summed E-state index contributed by atoms with van der Waals surface area (Å²) in [7, 11) is 1.75. The second-order valence-electron chi connectivity index (χ2n) is 7.15. The van der Waals surface area contributed by atoms with Gasteiger partial charge in [-0.1, -0.05) is 26.8 Å². The molecule has 0 spiro atoms. The van der Waals surface area contributed by atoms with Crippen molar-refractivity contribution in [3.63, 3.8) is 0 Å². The van der Waals surface area contributed by atoms with E-state index in [1.165, 1.54) is 0 Å². The zero-order valence-corrected chi connectivity index (χ0v) is 12.5. The van der Waals surface area contributed by atoms with Gasteiger partial charge in [-0.25, -0.2) is 0 Å². The third kappa shape index (κ3) is 2.03. The summed E-state index contributed by atoms with van der Waals surface area (Å²) in [5, 5.41) is 9.22. The zero-order valence-electron chi connectivity index (χ0n) is 12.5. The molecule has 0 aliphatic heterocycles. The lowest BCUT2D eigenvalue weighted by molar-refractivity contribution is -0.139. The molecule has 2 aliphatic rings. The molecule has 0 saturated heterocycles. The summed E-state index contributed by atoms with van der Waals surface area (Å²) in [4.78, 5) is 12.4. The van der Waals surface area contributed by atoms with E-state index in [1.807, 2.05) is 19.9 Å². The zero-order chi connectivity index (χ0) is 14.5. The van der Waals surface area contributed by atoms with Gasteiger partial charge >= 0.3 is 0 Å². The second kappa shape index (κ2) is 4.18. The smallest absolute Gasteiger partial charge is 0.178 e. The van der Waals surface area contributed by atoms with Crippen LogP contribution in [0, 0.1) is 28.1 Å². The number of hydrogen-bond acceptors (Lipinski definition) is 3. The van der Waals surface area contributed by atoms with Crippen LogP contribution in [0.2, 0.25) is 0 Å². The predicted molar refractivity (Wildman–Crippen MR) is 73.3 cm³/mol. The molecular formula is C16H23NO2. The summed E-state index contributed by atoms with van der Waals surface area (Å²) in [5.74, 6) is 0.284. The quantitative estimate of drug-likeness (QED) is 0.728. The SMILES string of the molecule is CO[C@@]1(C)CC[C@H]2C(C)(C)C(=O)C(C#N)=C[C@]2(C)C1. The molecule has 1 fully saturated rings. The summed E-state index contributed by atoms with van der Waals surface area (Å²) in [6.45, 7) is 8.26. The Bertz CT molecular complexity index is 485. The minimum absolute atomic E-state index is 0.00139. The molecule has 0 aromatic carbocycles. The van der Waals surface area contributed by atoms with Crippen molar-refractivity contribution >= 4 is 5.78 Å². The van der Waals surface area contributed by atoms with Gasteiger partial charge in [0, 0.05) is 12.5 Å². The number of ketones is 1. The minimum atomic E-state index is -0.455. The van der Waals surface area contributed by atoms with E-state index in [0.29, 0.717) is 5.57 Å². The van der Waals surface area contributed by atoms with Gasteiger partial charge in [0.25, 0.3) is 0 Å². The molecule has 3 nitrogen and oxygen atoms in total. The highest BCUT2D eigenvalue weighted by Crippen LogP contribution is 2.57. The van der Waals surface area contributed by atoms with Gasteiger partial charge < -0.3 is 4.74 Å². The van der Waals surface area contributed by atoms with E-state index in [2.05, 4.69) is 19.9 Å². The van der Waals surface area contributed by atoms with Gasteiger partial charge in [0.1, 0.15) is 6.07 Å². The molecule has 0 aromatic rings.